The Morgan fingerprint density at radius 1 is 1.25 bits per heavy atom. The minimum atomic E-state index is -0.252. The monoisotopic (exact) mass is 321 g/mol. The summed E-state index contributed by atoms with van der Waals surface area (Å²) in [5, 5.41) is 5.04. The third-order valence-corrected chi connectivity index (χ3v) is 4.01. The fourth-order valence-electron chi connectivity index (χ4n) is 2.65. The fraction of sp³-hybridized carbons (Fsp3) is 0.200. The lowest BCUT2D eigenvalue weighted by atomic mass is 10.0. The van der Waals surface area contributed by atoms with Gasteiger partial charge in [0.1, 0.15) is 11.4 Å². The van der Waals surface area contributed by atoms with E-state index in [2.05, 4.69) is 11.7 Å². The number of nitrogens with zero attached hydrogens (tertiary/aromatic N) is 1. The quantitative estimate of drug-likeness (QED) is 0.364. The number of hydrogen-bond acceptors (Lipinski definition) is 4. The summed E-state index contributed by atoms with van der Waals surface area (Å²) in [6.07, 6.45) is 3.05. The van der Waals surface area contributed by atoms with Crippen molar-refractivity contribution < 1.29 is 14.1 Å². The highest BCUT2D eigenvalue weighted by molar-refractivity contribution is 5.93. The lowest BCUT2D eigenvalue weighted by Gasteiger charge is -2.13. The van der Waals surface area contributed by atoms with E-state index in [1.165, 1.54) is 0 Å². The molecule has 3 aromatic rings. The fourth-order valence-corrected chi connectivity index (χ4v) is 2.65. The third kappa shape index (κ3) is 3.08. The normalized spacial score (nSPS) is 12.0. The van der Waals surface area contributed by atoms with E-state index in [9.17, 15) is 4.79 Å². The molecule has 0 fully saturated rings. The smallest absolute Gasteiger partial charge is 0.314 e. The number of allylic oxidation sites excluding steroid dienone is 1. The Hall–Kier alpha value is -2.88. The van der Waals surface area contributed by atoms with Gasteiger partial charge in [-0.25, -0.2) is 0 Å². The van der Waals surface area contributed by atoms with Crippen molar-refractivity contribution in [2.24, 2.45) is 5.92 Å². The number of rotatable bonds is 6. The van der Waals surface area contributed by atoms with Crippen LogP contribution in [-0.4, -0.2) is 11.1 Å². The van der Waals surface area contributed by atoms with Gasteiger partial charge in [-0.05, 0) is 37.1 Å². The first-order valence-corrected chi connectivity index (χ1v) is 8.01. The molecule has 0 saturated carbocycles. The number of hydrogen-bond donors (Lipinski definition) is 0. The van der Waals surface area contributed by atoms with Crippen molar-refractivity contribution in [3.63, 3.8) is 0 Å². The van der Waals surface area contributed by atoms with Gasteiger partial charge < -0.3 is 9.26 Å². The summed E-state index contributed by atoms with van der Waals surface area (Å²) in [6, 6.07) is 15.0. The molecule has 24 heavy (non-hydrogen) atoms. The first-order chi connectivity index (χ1) is 11.7. The number of carbonyl (C=O) groups excluding carboxylic acids is 1. The average molecular weight is 321 g/mol. The van der Waals surface area contributed by atoms with Gasteiger partial charge in [-0.2, -0.15) is 0 Å². The molecule has 4 heteroatoms. The molecule has 2 aromatic carbocycles. The van der Waals surface area contributed by atoms with Gasteiger partial charge >= 0.3 is 5.97 Å². The molecule has 0 N–H and O–H groups in total. The summed E-state index contributed by atoms with van der Waals surface area (Å²) in [5.41, 5.74) is 2.11. The molecule has 1 unspecified atom stereocenters. The molecule has 0 amide bonds. The number of para-hydroxylation sites is 2. The van der Waals surface area contributed by atoms with Gasteiger partial charge in [0.25, 0.3) is 0 Å². The van der Waals surface area contributed by atoms with Crippen LogP contribution in [0.1, 0.15) is 19.8 Å². The Labute approximate surface area is 140 Å². The van der Waals surface area contributed by atoms with Crippen LogP contribution in [0.25, 0.3) is 22.2 Å². The number of fused-ring (bicyclic) bond motifs is 1. The Kier molecular flexibility index (Phi) is 4.75. The van der Waals surface area contributed by atoms with Gasteiger partial charge in [-0.15, -0.1) is 6.58 Å². The van der Waals surface area contributed by atoms with E-state index in [4.69, 9.17) is 9.26 Å². The highest BCUT2D eigenvalue weighted by Gasteiger charge is 2.20. The van der Waals surface area contributed by atoms with Crippen molar-refractivity contribution in [3.8, 4) is 17.0 Å². The molecular formula is C20H19NO3. The van der Waals surface area contributed by atoms with Gasteiger partial charge in [0, 0.05) is 10.9 Å². The zero-order valence-corrected chi connectivity index (χ0v) is 13.6. The molecule has 1 aromatic heterocycles. The zero-order valence-electron chi connectivity index (χ0n) is 13.6. The van der Waals surface area contributed by atoms with Crippen molar-refractivity contribution >= 4 is 16.9 Å². The largest absolute Gasteiger partial charge is 0.426 e. The summed E-state index contributed by atoms with van der Waals surface area (Å²) in [7, 11) is 0. The molecule has 0 aliphatic rings. The molecule has 1 heterocycles. The zero-order chi connectivity index (χ0) is 16.9. The molecule has 0 spiro atoms. The van der Waals surface area contributed by atoms with Crippen LogP contribution in [0.2, 0.25) is 0 Å². The van der Waals surface area contributed by atoms with Gasteiger partial charge in [0.2, 0.25) is 0 Å². The summed E-state index contributed by atoms with van der Waals surface area (Å²) >= 11 is 0. The van der Waals surface area contributed by atoms with Crippen LogP contribution in [0.3, 0.4) is 0 Å². The second-order valence-corrected chi connectivity index (χ2v) is 5.57. The van der Waals surface area contributed by atoms with E-state index >= 15 is 0 Å². The van der Waals surface area contributed by atoms with Crippen LogP contribution in [0.5, 0.6) is 5.75 Å². The van der Waals surface area contributed by atoms with Crippen LogP contribution in [0.15, 0.2) is 65.7 Å². The number of benzene rings is 2. The third-order valence-electron chi connectivity index (χ3n) is 4.01. The molecule has 0 aliphatic carbocycles. The lowest BCUT2D eigenvalue weighted by Crippen LogP contribution is -2.19. The second-order valence-electron chi connectivity index (χ2n) is 5.57. The molecule has 122 valence electrons. The first-order valence-electron chi connectivity index (χ1n) is 8.01. The van der Waals surface area contributed by atoms with E-state index in [0.717, 1.165) is 10.9 Å². The second kappa shape index (κ2) is 7.13. The van der Waals surface area contributed by atoms with Crippen molar-refractivity contribution in [1.82, 2.24) is 5.16 Å². The number of ether oxygens (including phenoxy) is 1. The van der Waals surface area contributed by atoms with Crippen molar-refractivity contribution in [2.45, 2.75) is 19.8 Å². The topological polar surface area (TPSA) is 52.3 Å². The Bertz CT molecular complexity index is 866. The standard InChI is InChI=1S/C20H19NO3/c1-3-9-14(4-2)20(22)23-17-12-7-5-10-15(17)19-16-11-6-8-13-18(16)24-21-19/h3,5-8,10-14H,1,4,9H2,2H3. The molecular weight excluding hydrogens is 302 g/mol. The SMILES string of the molecule is C=CCC(CC)C(=O)Oc1ccccc1-c1noc2ccccc12. The van der Waals surface area contributed by atoms with Crippen LogP contribution in [0.4, 0.5) is 0 Å². The number of esters is 1. The Balaban J connectivity index is 1.97. The molecule has 4 nitrogen and oxygen atoms in total. The number of aromatic nitrogens is 1. The summed E-state index contributed by atoms with van der Waals surface area (Å²) in [6.45, 7) is 5.66. The summed E-state index contributed by atoms with van der Waals surface area (Å²) in [4.78, 5) is 12.4. The molecule has 3 rings (SSSR count). The lowest BCUT2D eigenvalue weighted by molar-refractivity contribution is -0.138. The van der Waals surface area contributed by atoms with Crippen molar-refractivity contribution in [1.29, 1.82) is 0 Å². The number of carbonyl (C=O) groups is 1. The minimum absolute atomic E-state index is 0.190. The van der Waals surface area contributed by atoms with Crippen LogP contribution < -0.4 is 4.74 Å². The predicted octanol–water partition coefficient (Wildman–Crippen LogP) is 5.00. The summed E-state index contributed by atoms with van der Waals surface area (Å²) in [5.74, 6) is 0.0475. The van der Waals surface area contributed by atoms with Gasteiger partial charge in [0.15, 0.2) is 5.58 Å². The highest BCUT2D eigenvalue weighted by atomic mass is 16.5. The van der Waals surface area contributed by atoms with E-state index in [-0.39, 0.29) is 11.9 Å². The highest BCUT2D eigenvalue weighted by Crippen LogP contribution is 2.34. The van der Waals surface area contributed by atoms with Gasteiger partial charge in [0.05, 0.1) is 5.92 Å². The molecule has 0 radical (unpaired) electrons. The molecule has 0 saturated heterocycles. The first kappa shape index (κ1) is 16.0. The maximum atomic E-state index is 12.4. The van der Waals surface area contributed by atoms with Crippen molar-refractivity contribution in [3.05, 3.63) is 61.2 Å². The van der Waals surface area contributed by atoms with E-state index < -0.39 is 0 Å². The van der Waals surface area contributed by atoms with Gasteiger partial charge in [-0.1, -0.05) is 42.4 Å². The maximum Gasteiger partial charge on any atom is 0.314 e. The Morgan fingerprint density at radius 3 is 2.79 bits per heavy atom. The molecule has 0 bridgehead atoms. The van der Waals surface area contributed by atoms with E-state index in [1.807, 2.05) is 49.4 Å². The van der Waals surface area contributed by atoms with Crippen LogP contribution in [0, 0.1) is 5.92 Å². The summed E-state index contributed by atoms with van der Waals surface area (Å²) < 4.78 is 11.0. The molecule has 0 aliphatic heterocycles. The predicted molar refractivity (Wildman–Crippen MR) is 93.7 cm³/mol. The Morgan fingerprint density at radius 2 is 2.00 bits per heavy atom. The minimum Gasteiger partial charge on any atom is -0.426 e. The van der Waals surface area contributed by atoms with Gasteiger partial charge in [-0.3, -0.25) is 4.79 Å². The maximum absolute atomic E-state index is 12.4. The van der Waals surface area contributed by atoms with Crippen LogP contribution >= 0.6 is 0 Å². The van der Waals surface area contributed by atoms with Crippen LogP contribution in [-0.2, 0) is 4.79 Å². The van der Waals surface area contributed by atoms with Crippen molar-refractivity contribution in [2.75, 3.05) is 0 Å². The molecule has 1 atom stereocenters. The van der Waals surface area contributed by atoms with E-state index in [0.29, 0.717) is 29.9 Å². The average Bonchev–Trinajstić information content (AvgIpc) is 3.04. The van der Waals surface area contributed by atoms with E-state index in [1.54, 1.807) is 12.1 Å².